The van der Waals surface area contributed by atoms with Crippen LogP contribution in [-0.4, -0.2) is 43.2 Å². The van der Waals surface area contributed by atoms with E-state index >= 15 is 0 Å². The highest BCUT2D eigenvalue weighted by Crippen LogP contribution is 2.49. The SMILES string of the molecule is NC1C2CCC(C2)C1C(=O)N1CCC2(CCOCC2)C1. The quantitative estimate of drug-likeness (QED) is 0.788. The van der Waals surface area contributed by atoms with E-state index in [1.807, 2.05) is 0 Å². The summed E-state index contributed by atoms with van der Waals surface area (Å²) in [5, 5.41) is 0. The zero-order valence-corrected chi connectivity index (χ0v) is 12.2. The van der Waals surface area contributed by atoms with E-state index in [0.29, 0.717) is 23.2 Å². The van der Waals surface area contributed by atoms with Gasteiger partial charge in [-0.3, -0.25) is 4.79 Å². The first kappa shape index (κ1) is 13.1. The number of hydrogen-bond donors (Lipinski definition) is 1. The van der Waals surface area contributed by atoms with Crippen molar-refractivity contribution in [1.82, 2.24) is 4.90 Å². The number of likely N-dealkylation sites (tertiary alicyclic amines) is 1. The van der Waals surface area contributed by atoms with Crippen molar-refractivity contribution in [3.63, 3.8) is 0 Å². The molecule has 20 heavy (non-hydrogen) atoms. The molecule has 112 valence electrons. The van der Waals surface area contributed by atoms with Gasteiger partial charge in [-0.2, -0.15) is 0 Å². The third-order valence-electron chi connectivity index (χ3n) is 6.57. The molecule has 2 saturated carbocycles. The number of fused-ring (bicyclic) bond motifs is 2. The summed E-state index contributed by atoms with van der Waals surface area (Å²) < 4.78 is 5.49. The minimum atomic E-state index is 0.128. The van der Waals surface area contributed by atoms with E-state index in [9.17, 15) is 4.79 Å². The number of amides is 1. The Labute approximate surface area is 121 Å². The van der Waals surface area contributed by atoms with Gasteiger partial charge in [0.2, 0.25) is 5.91 Å². The van der Waals surface area contributed by atoms with Gasteiger partial charge in [-0.15, -0.1) is 0 Å². The van der Waals surface area contributed by atoms with Crippen molar-refractivity contribution < 1.29 is 9.53 Å². The van der Waals surface area contributed by atoms with E-state index in [1.54, 1.807) is 0 Å². The molecule has 4 unspecified atom stereocenters. The van der Waals surface area contributed by atoms with Crippen LogP contribution in [0.4, 0.5) is 0 Å². The minimum Gasteiger partial charge on any atom is -0.381 e. The Bertz CT molecular complexity index is 403. The smallest absolute Gasteiger partial charge is 0.227 e. The summed E-state index contributed by atoms with van der Waals surface area (Å²) in [5.41, 5.74) is 6.69. The van der Waals surface area contributed by atoms with Crippen molar-refractivity contribution in [1.29, 1.82) is 0 Å². The van der Waals surface area contributed by atoms with Gasteiger partial charge in [0.15, 0.2) is 0 Å². The van der Waals surface area contributed by atoms with E-state index in [2.05, 4.69) is 4.90 Å². The van der Waals surface area contributed by atoms with E-state index in [1.165, 1.54) is 19.3 Å². The van der Waals surface area contributed by atoms with Crippen LogP contribution < -0.4 is 5.73 Å². The predicted octanol–water partition coefficient (Wildman–Crippen LogP) is 1.39. The molecule has 4 aliphatic rings. The number of nitrogens with zero attached hydrogens (tertiary/aromatic N) is 1. The average molecular weight is 278 g/mol. The minimum absolute atomic E-state index is 0.128. The molecule has 2 heterocycles. The van der Waals surface area contributed by atoms with Crippen molar-refractivity contribution >= 4 is 5.91 Å². The zero-order chi connectivity index (χ0) is 13.7. The second-order valence-electron chi connectivity index (χ2n) is 7.56. The summed E-state index contributed by atoms with van der Waals surface area (Å²) in [5.74, 6) is 1.69. The van der Waals surface area contributed by atoms with Gasteiger partial charge in [0, 0.05) is 32.3 Å². The molecule has 4 heteroatoms. The first-order valence-electron chi connectivity index (χ1n) is 8.31. The molecule has 2 N–H and O–H groups in total. The number of hydrogen-bond acceptors (Lipinski definition) is 3. The summed E-state index contributed by atoms with van der Waals surface area (Å²) >= 11 is 0. The Hall–Kier alpha value is -0.610. The topological polar surface area (TPSA) is 55.6 Å². The molecule has 4 atom stereocenters. The monoisotopic (exact) mass is 278 g/mol. The molecular formula is C16H26N2O2. The third-order valence-corrected chi connectivity index (χ3v) is 6.57. The number of rotatable bonds is 1. The summed E-state index contributed by atoms with van der Waals surface area (Å²) in [6.45, 7) is 3.64. The van der Waals surface area contributed by atoms with Crippen molar-refractivity contribution in [3.8, 4) is 0 Å². The lowest BCUT2D eigenvalue weighted by molar-refractivity contribution is -0.137. The molecule has 4 fully saturated rings. The molecule has 1 spiro atoms. The van der Waals surface area contributed by atoms with Gasteiger partial charge in [0.1, 0.15) is 0 Å². The van der Waals surface area contributed by atoms with Crippen molar-refractivity contribution in [2.75, 3.05) is 26.3 Å². The van der Waals surface area contributed by atoms with E-state index in [0.717, 1.165) is 45.6 Å². The van der Waals surface area contributed by atoms with Gasteiger partial charge in [-0.25, -0.2) is 0 Å². The second-order valence-corrected chi connectivity index (χ2v) is 7.56. The van der Waals surface area contributed by atoms with Crippen LogP contribution in [0.2, 0.25) is 0 Å². The van der Waals surface area contributed by atoms with E-state index in [4.69, 9.17) is 10.5 Å². The molecule has 0 radical (unpaired) electrons. The van der Waals surface area contributed by atoms with Crippen LogP contribution in [0.5, 0.6) is 0 Å². The van der Waals surface area contributed by atoms with Crippen LogP contribution in [0.25, 0.3) is 0 Å². The molecule has 0 aromatic heterocycles. The lowest BCUT2D eigenvalue weighted by Gasteiger charge is -2.35. The first-order valence-corrected chi connectivity index (χ1v) is 8.31. The van der Waals surface area contributed by atoms with Crippen LogP contribution in [0, 0.1) is 23.2 Å². The molecule has 0 aromatic rings. The second kappa shape index (κ2) is 4.70. The van der Waals surface area contributed by atoms with Crippen LogP contribution in [0.3, 0.4) is 0 Å². The lowest BCUT2D eigenvalue weighted by Crippen LogP contribution is -2.47. The Kier molecular flexibility index (Phi) is 3.08. The van der Waals surface area contributed by atoms with Gasteiger partial charge < -0.3 is 15.4 Å². The maximum atomic E-state index is 12.9. The largest absolute Gasteiger partial charge is 0.381 e. The molecular weight excluding hydrogens is 252 g/mol. The lowest BCUT2D eigenvalue weighted by atomic mass is 9.79. The van der Waals surface area contributed by atoms with Gasteiger partial charge in [0.05, 0.1) is 5.92 Å². The molecule has 1 amide bonds. The van der Waals surface area contributed by atoms with Gasteiger partial charge in [-0.05, 0) is 55.8 Å². The number of ether oxygens (including phenoxy) is 1. The van der Waals surface area contributed by atoms with Gasteiger partial charge in [-0.1, -0.05) is 0 Å². The fourth-order valence-electron chi connectivity index (χ4n) is 5.25. The maximum absolute atomic E-state index is 12.9. The van der Waals surface area contributed by atoms with Crippen LogP contribution in [0.1, 0.15) is 38.5 Å². The Morgan fingerprint density at radius 3 is 2.60 bits per heavy atom. The summed E-state index contributed by atoms with van der Waals surface area (Å²) in [7, 11) is 0. The summed E-state index contributed by atoms with van der Waals surface area (Å²) in [6, 6.07) is 0.132. The fraction of sp³-hybridized carbons (Fsp3) is 0.938. The summed E-state index contributed by atoms with van der Waals surface area (Å²) in [4.78, 5) is 15.0. The normalized spacial score (nSPS) is 42.5. The van der Waals surface area contributed by atoms with Crippen LogP contribution in [-0.2, 0) is 9.53 Å². The van der Waals surface area contributed by atoms with Crippen molar-refractivity contribution in [2.24, 2.45) is 28.9 Å². The molecule has 4 nitrogen and oxygen atoms in total. The first-order chi connectivity index (χ1) is 9.69. The Morgan fingerprint density at radius 2 is 1.90 bits per heavy atom. The standard InChI is InChI=1S/C16H26N2O2/c17-14-12-2-1-11(9-12)13(14)15(19)18-6-3-16(10-18)4-7-20-8-5-16/h11-14H,1-10,17H2. The molecule has 2 aliphatic heterocycles. The third kappa shape index (κ3) is 1.92. The molecule has 2 bridgehead atoms. The molecule has 2 saturated heterocycles. The summed E-state index contributed by atoms with van der Waals surface area (Å²) in [6.07, 6.45) is 7.08. The Balaban J connectivity index is 1.45. The van der Waals surface area contributed by atoms with Crippen LogP contribution >= 0.6 is 0 Å². The Morgan fingerprint density at radius 1 is 1.15 bits per heavy atom. The van der Waals surface area contributed by atoms with Gasteiger partial charge in [0.25, 0.3) is 0 Å². The predicted molar refractivity (Wildman–Crippen MR) is 76.0 cm³/mol. The zero-order valence-electron chi connectivity index (χ0n) is 12.2. The molecule has 0 aromatic carbocycles. The number of carbonyl (C=O) groups excluding carboxylic acids is 1. The van der Waals surface area contributed by atoms with Gasteiger partial charge >= 0.3 is 0 Å². The highest BCUT2D eigenvalue weighted by Gasteiger charge is 2.52. The molecule has 2 aliphatic carbocycles. The number of nitrogens with two attached hydrogens (primary N) is 1. The molecule has 4 rings (SSSR count). The fourth-order valence-corrected chi connectivity index (χ4v) is 5.25. The highest BCUT2D eigenvalue weighted by atomic mass is 16.5. The van der Waals surface area contributed by atoms with E-state index in [-0.39, 0.29) is 12.0 Å². The average Bonchev–Trinajstić information content (AvgIpc) is 3.14. The van der Waals surface area contributed by atoms with Crippen molar-refractivity contribution in [3.05, 3.63) is 0 Å². The van der Waals surface area contributed by atoms with Crippen LogP contribution in [0.15, 0.2) is 0 Å². The van der Waals surface area contributed by atoms with Crippen molar-refractivity contribution in [2.45, 2.75) is 44.6 Å². The highest BCUT2D eigenvalue weighted by molar-refractivity contribution is 5.81. The maximum Gasteiger partial charge on any atom is 0.227 e. The number of carbonyl (C=O) groups is 1. The van der Waals surface area contributed by atoms with E-state index < -0.39 is 0 Å².